The summed E-state index contributed by atoms with van der Waals surface area (Å²) in [7, 11) is 0. The van der Waals surface area contributed by atoms with Gasteiger partial charge in [0.15, 0.2) is 0 Å². The molecule has 1 amide bonds. The number of amides is 1. The molecular weight excluding hydrogens is 222 g/mol. The normalized spacial score (nSPS) is 20.3. The summed E-state index contributed by atoms with van der Waals surface area (Å²) < 4.78 is 0. The number of anilines is 1. The quantitative estimate of drug-likeness (QED) is 0.597. The molecule has 1 atom stereocenters. The van der Waals surface area contributed by atoms with Crippen LogP contribution >= 0.6 is 0 Å². The SMILES string of the molecule is NC(=O)c1[nH]c(=O)ncc1N1CCCC(N)C1. The van der Waals surface area contributed by atoms with Gasteiger partial charge in [-0.1, -0.05) is 0 Å². The molecule has 1 aromatic heterocycles. The zero-order valence-electron chi connectivity index (χ0n) is 9.35. The van der Waals surface area contributed by atoms with Gasteiger partial charge >= 0.3 is 5.69 Å². The van der Waals surface area contributed by atoms with E-state index in [1.807, 2.05) is 4.90 Å². The molecule has 1 aliphatic rings. The van der Waals surface area contributed by atoms with Crippen LogP contribution < -0.4 is 22.1 Å². The summed E-state index contributed by atoms with van der Waals surface area (Å²) in [5.74, 6) is -0.668. The minimum Gasteiger partial charge on any atom is -0.367 e. The first-order chi connectivity index (χ1) is 8.08. The number of aromatic amines is 1. The fourth-order valence-corrected chi connectivity index (χ4v) is 2.04. The Morgan fingerprint density at radius 3 is 3.00 bits per heavy atom. The van der Waals surface area contributed by atoms with Crippen LogP contribution in [0.15, 0.2) is 11.0 Å². The standard InChI is InChI=1S/C10H15N5O2/c11-6-2-1-3-15(5-6)7-4-13-10(17)14-8(7)9(12)16/h4,6H,1-3,5,11H2,(H2,12,16)(H,13,14,17). The third kappa shape index (κ3) is 2.44. The Hall–Kier alpha value is -1.89. The molecule has 7 heteroatoms. The lowest BCUT2D eigenvalue weighted by Crippen LogP contribution is -2.44. The number of rotatable bonds is 2. The van der Waals surface area contributed by atoms with Gasteiger partial charge < -0.3 is 16.4 Å². The Bertz CT molecular complexity index is 484. The second-order valence-electron chi connectivity index (χ2n) is 4.16. The molecule has 0 bridgehead atoms. The van der Waals surface area contributed by atoms with Crippen molar-refractivity contribution in [1.82, 2.24) is 9.97 Å². The van der Waals surface area contributed by atoms with E-state index in [0.29, 0.717) is 12.2 Å². The van der Waals surface area contributed by atoms with E-state index in [1.165, 1.54) is 6.20 Å². The molecule has 1 fully saturated rings. The molecule has 92 valence electrons. The number of piperidine rings is 1. The van der Waals surface area contributed by atoms with Crippen molar-refractivity contribution in [2.75, 3.05) is 18.0 Å². The number of nitrogens with two attached hydrogens (primary N) is 2. The summed E-state index contributed by atoms with van der Waals surface area (Å²) in [6, 6.07) is 0.0661. The van der Waals surface area contributed by atoms with Gasteiger partial charge in [0.2, 0.25) is 0 Å². The smallest absolute Gasteiger partial charge is 0.345 e. The van der Waals surface area contributed by atoms with Gasteiger partial charge in [-0.05, 0) is 12.8 Å². The molecule has 1 aromatic rings. The number of carbonyl (C=O) groups excluding carboxylic acids is 1. The number of H-pyrrole nitrogens is 1. The second-order valence-corrected chi connectivity index (χ2v) is 4.16. The molecule has 0 saturated carbocycles. The number of primary amides is 1. The van der Waals surface area contributed by atoms with Crippen molar-refractivity contribution in [2.24, 2.45) is 11.5 Å². The number of nitrogens with one attached hydrogen (secondary N) is 1. The predicted molar refractivity (Wildman–Crippen MR) is 62.8 cm³/mol. The average molecular weight is 237 g/mol. The zero-order chi connectivity index (χ0) is 12.4. The van der Waals surface area contributed by atoms with Crippen molar-refractivity contribution in [2.45, 2.75) is 18.9 Å². The molecule has 0 aliphatic carbocycles. The third-order valence-corrected chi connectivity index (χ3v) is 2.84. The highest BCUT2D eigenvalue weighted by Gasteiger charge is 2.21. The molecule has 2 heterocycles. The molecule has 1 saturated heterocycles. The summed E-state index contributed by atoms with van der Waals surface area (Å²) in [4.78, 5) is 30.3. The highest BCUT2D eigenvalue weighted by Crippen LogP contribution is 2.20. The maximum Gasteiger partial charge on any atom is 0.345 e. The number of nitrogens with zero attached hydrogens (tertiary/aromatic N) is 2. The molecule has 7 nitrogen and oxygen atoms in total. The minimum atomic E-state index is -0.668. The van der Waals surface area contributed by atoms with Crippen molar-refractivity contribution < 1.29 is 4.79 Å². The lowest BCUT2D eigenvalue weighted by atomic mass is 10.1. The maximum absolute atomic E-state index is 11.3. The first kappa shape index (κ1) is 11.6. The molecule has 17 heavy (non-hydrogen) atoms. The number of carbonyl (C=O) groups is 1. The van der Waals surface area contributed by atoms with Gasteiger partial charge in [0.1, 0.15) is 5.69 Å². The topological polar surface area (TPSA) is 118 Å². The first-order valence-corrected chi connectivity index (χ1v) is 5.47. The Balaban J connectivity index is 2.37. The molecule has 5 N–H and O–H groups in total. The molecular formula is C10H15N5O2. The molecule has 0 radical (unpaired) electrons. The van der Waals surface area contributed by atoms with Gasteiger partial charge in [-0.15, -0.1) is 0 Å². The van der Waals surface area contributed by atoms with Gasteiger partial charge in [0, 0.05) is 19.1 Å². The highest BCUT2D eigenvalue weighted by atomic mass is 16.2. The fraction of sp³-hybridized carbons (Fsp3) is 0.500. The monoisotopic (exact) mass is 237 g/mol. The van der Waals surface area contributed by atoms with Crippen molar-refractivity contribution in [3.63, 3.8) is 0 Å². The van der Waals surface area contributed by atoms with E-state index in [-0.39, 0.29) is 11.7 Å². The van der Waals surface area contributed by atoms with E-state index in [0.717, 1.165) is 19.4 Å². The second kappa shape index (κ2) is 4.54. The summed E-state index contributed by atoms with van der Waals surface area (Å²) >= 11 is 0. The van der Waals surface area contributed by atoms with Crippen molar-refractivity contribution in [3.05, 3.63) is 22.4 Å². The van der Waals surface area contributed by atoms with E-state index >= 15 is 0 Å². The van der Waals surface area contributed by atoms with Gasteiger partial charge in [-0.25, -0.2) is 4.79 Å². The van der Waals surface area contributed by atoms with Crippen LogP contribution in [0.3, 0.4) is 0 Å². The largest absolute Gasteiger partial charge is 0.367 e. The number of hydrogen-bond donors (Lipinski definition) is 3. The number of aromatic nitrogens is 2. The molecule has 1 aliphatic heterocycles. The lowest BCUT2D eigenvalue weighted by molar-refractivity contribution is 0.0995. The van der Waals surface area contributed by atoms with Crippen LogP contribution in [-0.2, 0) is 0 Å². The van der Waals surface area contributed by atoms with Gasteiger partial charge in [-0.3, -0.25) is 9.78 Å². The highest BCUT2D eigenvalue weighted by molar-refractivity contribution is 5.96. The Morgan fingerprint density at radius 2 is 2.35 bits per heavy atom. The molecule has 2 rings (SSSR count). The molecule has 0 aromatic carbocycles. The Morgan fingerprint density at radius 1 is 1.59 bits per heavy atom. The lowest BCUT2D eigenvalue weighted by Gasteiger charge is -2.32. The van der Waals surface area contributed by atoms with Crippen LogP contribution in [0.5, 0.6) is 0 Å². The fourth-order valence-electron chi connectivity index (χ4n) is 2.04. The van der Waals surface area contributed by atoms with Gasteiger partial charge in [-0.2, -0.15) is 4.98 Å². The van der Waals surface area contributed by atoms with Crippen LogP contribution in [0.4, 0.5) is 5.69 Å². The summed E-state index contributed by atoms with van der Waals surface area (Å²) in [5, 5.41) is 0. The van der Waals surface area contributed by atoms with Crippen LogP contribution in [-0.4, -0.2) is 35.0 Å². The summed E-state index contributed by atoms with van der Waals surface area (Å²) in [5.41, 5.74) is 11.2. The van der Waals surface area contributed by atoms with Crippen LogP contribution in [0, 0.1) is 0 Å². The van der Waals surface area contributed by atoms with Crippen molar-refractivity contribution >= 4 is 11.6 Å². The van der Waals surface area contributed by atoms with Crippen LogP contribution in [0.1, 0.15) is 23.3 Å². The Kier molecular flexibility index (Phi) is 3.10. The molecule has 0 spiro atoms. The summed E-state index contributed by atoms with van der Waals surface area (Å²) in [6.07, 6.45) is 3.27. The van der Waals surface area contributed by atoms with E-state index in [2.05, 4.69) is 9.97 Å². The average Bonchev–Trinajstić information content (AvgIpc) is 2.28. The summed E-state index contributed by atoms with van der Waals surface area (Å²) in [6.45, 7) is 1.41. The third-order valence-electron chi connectivity index (χ3n) is 2.84. The number of hydrogen-bond acceptors (Lipinski definition) is 5. The zero-order valence-corrected chi connectivity index (χ0v) is 9.35. The predicted octanol–water partition coefficient (Wildman–Crippen LogP) is -1.20. The van der Waals surface area contributed by atoms with E-state index in [9.17, 15) is 9.59 Å². The Labute approximate surface area is 97.8 Å². The van der Waals surface area contributed by atoms with Crippen LogP contribution in [0.25, 0.3) is 0 Å². The van der Waals surface area contributed by atoms with Crippen molar-refractivity contribution in [1.29, 1.82) is 0 Å². The van der Waals surface area contributed by atoms with Crippen LogP contribution in [0.2, 0.25) is 0 Å². The minimum absolute atomic E-state index is 0.0661. The first-order valence-electron chi connectivity index (χ1n) is 5.47. The van der Waals surface area contributed by atoms with Crippen molar-refractivity contribution in [3.8, 4) is 0 Å². The van der Waals surface area contributed by atoms with E-state index in [4.69, 9.17) is 11.5 Å². The molecule has 1 unspecified atom stereocenters. The van der Waals surface area contributed by atoms with E-state index in [1.54, 1.807) is 0 Å². The van der Waals surface area contributed by atoms with E-state index < -0.39 is 11.6 Å². The van der Waals surface area contributed by atoms with Gasteiger partial charge in [0.25, 0.3) is 5.91 Å². The van der Waals surface area contributed by atoms with Gasteiger partial charge in [0.05, 0.1) is 11.9 Å². The maximum atomic E-state index is 11.3.